The number of hydrogen-bond acceptors (Lipinski definition) is 4. The highest BCUT2D eigenvalue weighted by Gasteiger charge is 2.30. The number of thiazole rings is 1. The molecule has 0 atom stereocenters. The molecule has 0 fully saturated rings. The van der Waals surface area contributed by atoms with Crippen LogP contribution in [0.4, 0.5) is 28.8 Å². The van der Waals surface area contributed by atoms with Crippen LogP contribution < -0.4 is 10.6 Å². The molecular weight excluding hydrogens is 369 g/mol. The molecule has 0 saturated carbocycles. The predicted molar refractivity (Wildman–Crippen MR) is 91.0 cm³/mol. The molecule has 2 N–H and O–H groups in total. The monoisotopic (exact) mass is 384 g/mol. The fourth-order valence-corrected chi connectivity index (χ4v) is 3.59. The fourth-order valence-electron chi connectivity index (χ4n) is 2.52. The van der Waals surface area contributed by atoms with Crippen LogP contribution in [0.15, 0.2) is 24.3 Å². The van der Waals surface area contributed by atoms with Crippen LogP contribution in [-0.4, -0.2) is 28.4 Å². The van der Waals surface area contributed by atoms with Gasteiger partial charge in [0.15, 0.2) is 5.13 Å². The number of alkyl halides is 3. The van der Waals surface area contributed by atoms with Crippen LogP contribution in [0.5, 0.6) is 0 Å². The minimum Gasteiger partial charge on any atom is -0.319 e. The molecule has 26 heavy (non-hydrogen) atoms. The van der Waals surface area contributed by atoms with Gasteiger partial charge in [0, 0.05) is 30.5 Å². The number of rotatable bonds is 2. The second-order valence-electron chi connectivity index (χ2n) is 5.75. The first kappa shape index (κ1) is 18.2. The zero-order valence-electron chi connectivity index (χ0n) is 13.7. The molecule has 0 bridgehead atoms. The number of carbonyl (C=O) groups excluding carboxylic acids is 2. The van der Waals surface area contributed by atoms with Crippen molar-refractivity contribution in [2.24, 2.45) is 0 Å². The molecule has 0 unspecified atom stereocenters. The van der Waals surface area contributed by atoms with Crippen molar-refractivity contribution in [2.45, 2.75) is 26.1 Å². The van der Waals surface area contributed by atoms with Crippen LogP contribution in [0.3, 0.4) is 0 Å². The van der Waals surface area contributed by atoms with Crippen LogP contribution >= 0.6 is 11.3 Å². The van der Waals surface area contributed by atoms with Crippen molar-refractivity contribution in [3.05, 3.63) is 40.4 Å². The Morgan fingerprint density at radius 1 is 1.19 bits per heavy atom. The van der Waals surface area contributed by atoms with Gasteiger partial charge < -0.3 is 15.5 Å². The first-order chi connectivity index (χ1) is 12.2. The number of anilines is 2. The Hall–Kier alpha value is -2.62. The van der Waals surface area contributed by atoms with Crippen molar-refractivity contribution in [1.29, 1.82) is 0 Å². The van der Waals surface area contributed by atoms with E-state index < -0.39 is 17.8 Å². The number of fused-ring (bicyclic) bond motifs is 1. The molecule has 138 valence electrons. The maximum atomic E-state index is 12.6. The third-order valence-corrected chi connectivity index (χ3v) is 4.76. The van der Waals surface area contributed by atoms with E-state index in [1.807, 2.05) is 0 Å². The average Bonchev–Trinajstić information content (AvgIpc) is 2.94. The van der Waals surface area contributed by atoms with E-state index in [-0.39, 0.29) is 11.6 Å². The number of benzene rings is 1. The predicted octanol–water partition coefficient (Wildman–Crippen LogP) is 3.71. The summed E-state index contributed by atoms with van der Waals surface area (Å²) < 4.78 is 37.7. The highest BCUT2D eigenvalue weighted by Crippen LogP contribution is 2.31. The molecule has 2 heterocycles. The minimum atomic E-state index is -4.41. The lowest BCUT2D eigenvalue weighted by molar-refractivity contribution is -0.137. The summed E-state index contributed by atoms with van der Waals surface area (Å²) in [6, 6.07) is 3.89. The average molecular weight is 384 g/mol. The smallest absolute Gasteiger partial charge is 0.319 e. The van der Waals surface area contributed by atoms with E-state index in [2.05, 4.69) is 15.6 Å². The molecule has 0 saturated heterocycles. The van der Waals surface area contributed by atoms with E-state index in [4.69, 9.17) is 0 Å². The number of aromatic nitrogens is 1. The van der Waals surface area contributed by atoms with Gasteiger partial charge in [-0.15, -0.1) is 0 Å². The first-order valence-electron chi connectivity index (χ1n) is 7.72. The van der Waals surface area contributed by atoms with Gasteiger partial charge >= 0.3 is 12.2 Å². The van der Waals surface area contributed by atoms with E-state index in [0.29, 0.717) is 24.6 Å². The normalized spacial score (nSPS) is 13.9. The molecule has 1 aromatic heterocycles. The Bertz CT molecular complexity index is 833. The lowest BCUT2D eigenvalue weighted by atomic mass is 10.2. The zero-order valence-corrected chi connectivity index (χ0v) is 14.5. The van der Waals surface area contributed by atoms with Gasteiger partial charge in [-0.25, -0.2) is 9.78 Å². The van der Waals surface area contributed by atoms with Gasteiger partial charge in [0.05, 0.1) is 17.8 Å². The molecule has 0 radical (unpaired) electrons. The van der Waals surface area contributed by atoms with Crippen molar-refractivity contribution >= 4 is 34.1 Å². The highest BCUT2D eigenvalue weighted by molar-refractivity contribution is 7.15. The van der Waals surface area contributed by atoms with Gasteiger partial charge in [-0.3, -0.25) is 4.79 Å². The Labute approximate surface area is 151 Å². The molecule has 3 rings (SSSR count). The van der Waals surface area contributed by atoms with Gasteiger partial charge in [-0.05, 0) is 24.3 Å². The second-order valence-corrected chi connectivity index (χ2v) is 6.83. The topological polar surface area (TPSA) is 74.3 Å². The molecule has 10 heteroatoms. The van der Waals surface area contributed by atoms with Gasteiger partial charge in [-0.2, -0.15) is 13.2 Å². The summed E-state index contributed by atoms with van der Waals surface area (Å²) in [6.45, 7) is 2.16. The number of carbonyl (C=O) groups is 2. The van der Waals surface area contributed by atoms with Gasteiger partial charge in [0.1, 0.15) is 0 Å². The summed E-state index contributed by atoms with van der Waals surface area (Å²) >= 11 is 1.31. The van der Waals surface area contributed by atoms with Crippen LogP contribution in [0, 0.1) is 0 Å². The van der Waals surface area contributed by atoms with Crippen LogP contribution in [0.2, 0.25) is 0 Å². The van der Waals surface area contributed by atoms with E-state index in [9.17, 15) is 22.8 Å². The molecule has 3 amide bonds. The summed E-state index contributed by atoms with van der Waals surface area (Å²) in [5, 5.41) is 5.71. The van der Waals surface area contributed by atoms with E-state index in [1.54, 1.807) is 4.90 Å². The molecule has 1 aliphatic heterocycles. The van der Waals surface area contributed by atoms with Crippen molar-refractivity contribution in [3.63, 3.8) is 0 Å². The summed E-state index contributed by atoms with van der Waals surface area (Å²) in [4.78, 5) is 30.2. The van der Waals surface area contributed by atoms with Crippen LogP contribution in [0.1, 0.15) is 23.1 Å². The lowest BCUT2D eigenvalue weighted by Crippen LogP contribution is -2.38. The van der Waals surface area contributed by atoms with E-state index >= 15 is 0 Å². The SMILES string of the molecule is CC(=O)Nc1nc2c(s1)CN(C(=O)Nc1ccc(C(F)(F)F)cc1)CC2. The highest BCUT2D eigenvalue weighted by atomic mass is 32.1. The van der Waals surface area contributed by atoms with Crippen molar-refractivity contribution in [3.8, 4) is 0 Å². The number of amides is 3. The van der Waals surface area contributed by atoms with Crippen molar-refractivity contribution in [1.82, 2.24) is 9.88 Å². The van der Waals surface area contributed by atoms with E-state index in [0.717, 1.165) is 22.7 Å². The zero-order chi connectivity index (χ0) is 18.9. The number of nitrogens with zero attached hydrogens (tertiary/aromatic N) is 2. The summed E-state index contributed by atoms with van der Waals surface area (Å²) in [6.07, 6.45) is -3.87. The Morgan fingerprint density at radius 2 is 1.88 bits per heavy atom. The maximum Gasteiger partial charge on any atom is 0.416 e. The van der Waals surface area contributed by atoms with Crippen LogP contribution in [-0.2, 0) is 23.9 Å². The third-order valence-electron chi connectivity index (χ3n) is 3.76. The standard InChI is InChI=1S/C16H15F3N4O2S/c1-9(24)20-14-22-12-6-7-23(8-13(12)26-14)15(25)21-11-4-2-10(3-5-11)16(17,18)19/h2-5H,6-8H2,1H3,(H,21,25)(H,20,22,24). The lowest BCUT2D eigenvalue weighted by Gasteiger charge is -2.26. The number of hydrogen-bond donors (Lipinski definition) is 2. The van der Waals surface area contributed by atoms with Gasteiger partial charge in [-0.1, -0.05) is 11.3 Å². The van der Waals surface area contributed by atoms with E-state index in [1.165, 1.54) is 30.4 Å². The molecule has 1 aliphatic rings. The molecule has 0 aliphatic carbocycles. The maximum absolute atomic E-state index is 12.6. The third kappa shape index (κ3) is 4.13. The van der Waals surface area contributed by atoms with Gasteiger partial charge in [0.2, 0.25) is 5.91 Å². The van der Waals surface area contributed by atoms with Gasteiger partial charge in [0.25, 0.3) is 0 Å². The minimum absolute atomic E-state index is 0.215. The van der Waals surface area contributed by atoms with Crippen molar-refractivity contribution in [2.75, 3.05) is 17.2 Å². The summed E-state index contributed by atoms with van der Waals surface area (Å²) in [5.41, 5.74) is 0.364. The summed E-state index contributed by atoms with van der Waals surface area (Å²) in [5.74, 6) is -0.215. The second kappa shape index (κ2) is 6.94. The molecule has 6 nitrogen and oxygen atoms in total. The number of halogens is 3. The van der Waals surface area contributed by atoms with Crippen molar-refractivity contribution < 1.29 is 22.8 Å². The number of nitrogens with one attached hydrogen (secondary N) is 2. The Balaban J connectivity index is 1.64. The molecular formula is C16H15F3N4O2S. The molecule has 0 spiro atoms. The Morgan fingerprint density at radius 3 is 2.50 bits per heavy atom. The largest absolute Gasteiger partial charge is 0.416 e. The van der Waals surface area contributed by atoms with Crippen LogP contribution in [0.25, 0.3) is 0 Å². The number of urea groups is 1. The molecule has 2 aromatic rings. The molecule has 1 aromatic carbocycles. The summed E-state index contributed by atoms with van der Waals surface area (Å²) in [7, 11) is 0. The quantitative estimate of drug-likeness (QED) is 0.829. The fraction of sp³-hybridized carbons (Fsp3) is 0.312. The Kier molecular flexibility index (Phi) is 4.86. The first-order valence-corrected chi connectivity index (χ1v) is 8.53.